The third kappa shape index (κ3) is 3.56. The van der Waals surface area contributed by atoms with Gasteiger partial charge in [0.2, 0.25) is 10.0 Å². The molecule has 0 saturated heterocycles. The van der Waals surface area contributed by atoms with Crippen LogP contribution in [0.25, 0.3) is 0 Å². The molecule has 1 heterocycles. The van der Waals surface area contributed by atoms with Crippen molar-refractivity contribution in [2.75, 3.05) is 6.54 Å². The largest absolute Gasteiger partial charge is 0.250 e. The number of thiophene rings is 1. The Morgan fingerprint density at radius 3 is 2.50 bits per heavy atom. The molecule has 1 aliphatic rings. The van der Waals surface area contributed by atoms with Crippen molar-refractivity contribution in [3.05, 3.63) is 17.0 Å². The molecule has 5 heteroatoms. The standard InChI is InChI=1S/C13H21NO2S2/c1-10-3-6-12(7-4-10)9-14-18(15,16)13-8-5-11(2)17-13/h5,8,10,12,14H,3-4,6-7,9H2,1-2H3. The Kier molecular flexibility index (Phi) is 4.45. The Hall–Kier alpha value is -0.390. The summed E-state index contributed by atoms with van der Waals surface area (Å²) in [6.45, 7) is 4.78. The highest BCUT2D eigenvalue weighted by Gasteiger charge is 2.21. The van der Waals surface area contributed by atoms with Crippen molar-refractivity contribution in [3.63, 3.8) is 0 Å². The van der Waals surface area contributed by atoms with Crippen LogP contribution in [0.1, 0.15) is 37.5 Å². The number of sulfonamides is 1. The van der Waals surface area contributed by atoms with Crippen LogP contribution in [0.3, 0.4) is 0 Å². The van der Waals surface area contributed by atoms with Crippen molar-refractivity contribution in [3.8, 4) is 0 Å². The second kappa shape index (κ2) is 5.72. The van der Waals surface area contributed by atoms with E-state index in [2.05, 4.69) is 11.6 Å². The van der Waals surface area contributed by atoms with E-state index in [-0.39, 0.29) is 0 Å². The van der Waals surface area contributed by atoms with Gasteiger partial charge in [-0.1, -0.05) is 19.8 Å². The summed E-state index contributed by atoms with van der Waals surface area (Å²) >= 11 is 1.33. The zero-order valence-corrected chi connectivity index (χ0v) is 12.6. The van der Waals surface area contributed by atoms with Crippen molar-refractivity contribution >= 4 is 21.4 Å². The maximum absolute atomic E-state index is 12.1. The van der Waals surface area contributed by atoms with Gasteiger partial charge in [-0.2, -0.15) is 0 Å². The quantitative estimate of drug-likeness (QED) is 0.924. The molecular weight excluding hydrogens is 266 g/mol. The highest BCUT2D eigenvalue weighted by molar-refractivity contribution is 7.91. The molecular formula is C13H21NO2S2. The minimum atomic E-state index is -3.28. The molecule has 102 valence electrons. The van der Waals surface area contributed by atoms with Crippen molar-refractivity contribution in [2.24, 2.45) is 11.8 Å². The van der Waals surface area contributed by atoms with Crippen LogP contribution in [0.2, 0.25) is 0 Å². The predicted octanol–water partition coefficient (Wildman–Crippen LogP) is 3.16. The molecule has 2 rings (SSSR count). The summed E-state index contributed by atoms with van der Waals surface area (Å²) < 4.78 is 27.3. The molecule has 0 aromatic carbocycles. The second-order valence-corrected chi connectivity index (χ2v) is 8.62. The normalized spacial score (nSPS) is 25.2. The van der Waals surface area contributed by atoms with Crippen molar-refractivity contribution in [1.82, 2.24) is 4.72 Å². The zero-order chi connectivity index (χ0) is 13.2. The van der Waals surface area contributed by atoms with Gasteiger partial charge in [0.1, 0.15) is 4.21 Å². The summed E-state index contributed by atoms with van der Waals surface area (Å²) in [6.07, 6.45) is 4.75. The lowest BCUT2D eigenvalue weighted by Gasteiger charge is -2.26. The first-order chi connectivity index (χ1) is 8.47. The van der Waals surface area contributed by atoms with E-state index < -0.39 is 10.0 Å². The van der Waals surface area contributed by atoms with E-state index in [1.54, 1.807) is 6.07 Å². The first-order valence-corrected chi connectivity index (χ1v) is 8.83. The van der Waals surface area contributed by atoms with Gasteiger partial charge in [-0.3, -0.25) is 0 Å². The van der Waals surface area contributed by atoms with Crippen molar-refractivity contribution in [2.45, 2.75) is 43.7 Å². The van der Waals surface area contributed by atoms with Crippen LogP contribution in [0.5, 0.6) is 0 Å². The van der Waals surface area contributed by atoms with E-state index in [0.29, 0.717) is 16.7 Å². The maximum Gasteiger partial charge on any atom is 0.250 e. The highest BCUT2D eigenvalue weighted by Crippen LogP contribution is 2.28. The van der Waals surface area contributed by atoms with Crippen LogP contribution in [-0.4, -0.2) is 15.0 Å². The lowest BCUT2D eigenvalue weighted by molar-refractivity contribution is 0.290. The molecule has 0 unspecified atom stereocenters. The molecule has 0 spiro atoms. The SMILES string of the molecule is Cc1ccc(S(=O)(=O)NCC2CCC(C)CC2)s1. The van der Waals surface area contributed by atoms with Gasteiger partial charge in [0.05, 0.1) is 0 Å². The van der Waals surface area contributed by atoms with Gasteiger partial charge in [0, 0.05) is 11.4 Å². The predicted molar refractivity (Wildman–Crippen MR) is 75.4 cm³/mol. The van der Waals surface area contributed by atoms with E-state index in [9.17, 15) is 8.42 Å². The summed E-state index contributed by atoms with van der Waals surface area (Å²) in [5.74, 6) is 1.31. The first kappa shape index (κ1) is 14.0. The van der Waals surface area contributed by atoms with Gasteiger partial charge in [0.25, 0.3) is 0 Å². The second-order valence-electron chi connectivity index (χ2n) is 5.34. The number of nitrogens with one attached hydrogen (secondary N) is 1. The summed E-state index contributed by atoms with van der Waals surface area (Å²) in [7, 11) is -3.28. The van der Waals surface area contributed by atoms with E-state index in [4.69, 9.17) is 0 Å². The molecule has 3 nitrogen and oxygen atoms in total. The summed E-state index contributed by atoms with van der Waals surface area (Å²) in [4.78, 5) is 1.03. The summed E-state index contributed by atoms with van der Waals surface area (Å²) in [6, 6.07) is 3.53. The Morgan fingerprint density at radius 2 is 1.94 bits per heavy atom. The van der Waals surface area contributed by atoms with Gasteiger partial charge < -0.3 is 0 Å². The molecule has 1 N–H and O–H groups in total. The third-order valence-electron chi connectivity index (χ3n) is 3.68. The number of aryl methyl sites for hydroxylation is 1. The van der Waals surface area contributed by atoms with Crippen LogP contribution >= 0.6 is 11.3 Å². The third-order valence-corrected chi connectivity index (χ3v) is 6.59. The lowest BCUT2D eigenvalue weighted by Crippen LogP contribution is -2.30. The Balaban J connectivity index is 1.90. The van der Waals surface area contributed by atoms with Crippen LogP contribution in [0.4, 0.5) is 0 Å². The van der Waals surface area contributed by atoms with Gasteiger partial charge in [0.15, 0.2) is 0 Å². The highest BCUT2D eigenvalue weighted by atomic mass is 32.2. The van der Waals surface area contributed by atoms with Gasteiger partial charge >= 0.3 is 0 Å². The minimum Gasteiger partial charge on any atom is -0.210 e. The summed E-state index contributed by atoms with van der Waals surface area (Å²) in [5, 5.41) is 0. The van der Waals surface area contributed by atoms with Crippen LogP contribution in [0, 0.1) is 18.8 Å². The van der Waals surface area contributed by atoms with Crippen LogP contribution < -0.4 is 4.72 Å². The molecule has 1 saturated carbocycles. The van der Waals surface area contributed by atoms with Crippen LogP contribution in [-0.2, 0) is 10.0 Å². The molecule has 0 bridgehead atoms. The maximum atomic E-state index is 12.1. The van der Waals surface area contributed by atoms with Crippen molar-refractivity contribution in [1.29, 1.82) is 0 Å². The Labute approximate surface area is 114 Å². The topological polar surface area (TPSA) is 46.2 Å². The van der Waals surface area contributed by atoms with E-state index in [0.717, 1.165) is 23.6 Å². The fourth-order valence-corrected chi connectivity index (χ4v) is 4.83. The Morgan fingerprint density at radius 1 is 1.28 bits per heavy atom. The van der Waals surface area contributed by atoms with Gasteiger partial charge in [-0.15, -0.1) is 11.3 Å². The van der Waals surface area contributed by atoms with Gasteiger partial charge in [-0.05, 0) is 43.7 Å². The molecule has 0 radical (unpaired) electrons. The molecule has 1 fully saturated rings. The Bertz CT molecular complexity index is 485. The van der Waals surface area contributed by atoms with Crippen LogP contribution in [0.15, 0.2) is 16.3 Å². The average Bonchev–Trinajstić information content (AvgIpc) is 2.76. The monoisotopic (exact) mass is 287 g/mol. The minimum absolute atomic E-state index is 0.434. The molecule has 0 amide bonds. The average molecular weight is 287 g/mol. The number of hydrogen-bond donors (Lipinski definition) is 1. The van der Waals surface area contributed by atoms with E-state index in [1.807, 2.05) is 13.0 Å². The van der Waals surface area contributed by atoms with Crippen molar-refractivity contribution < 1.29 is 8.42 Å². The number of hydrogen-bond acceptors (Lipinski definition) is 3. The first-order valence-electron chi connectivity index (χ1n) is 6.53. The molecule has 1 aliphatic carbocycles. The molecule has 0 atom stereocenters. The van der Waals surface area contributed by atoms with Gasteiger partial charge in [-0.25, -0.2) is 13.1 Å². The molecule has 1 aromatic rings. The number of rotatable bonds is 4. The zero-order valence-electron chi connectivity index (χ0n) is 11.0. The smallest absolute Gasteiger partial charge is 0.210 e. The molecule has 18 heavy (non-hydrogen) atoms. The summed E-state index contributed by atoms with van der Waals surface area (Å²) in [5.41, 5.74) is 0. The fraction of sp³-hybridized carbons (Fsp3) is 0.692. The van der Waals surface area contributed by atoms with E-state index >= 15 is 0 Å². The molecule has 1 aromatic heterocycles. The fourth-order valence-electron chi connectivity index (χ4n) is 2.39. The lowest BCUT2D eigenvalue weighted by atomic mass is 9.83. The van der Waals surface area contributed by atoms with E-state index in [1.165, 1.54) is 24.2 Å². The molecule has 0 aliphatic heterocycles.